The third-order valence-electron chi connectivity index (χ3n) is 3.69. The molecule has 1 unspecified atom stereocenters. The van der Waals surface area contributed by atoms with Gasteiger partial charge in [-0.25, -0.2) is 4.98 Å². The summed E-state index contributed by atoms with van der Waals surface area (Å²) in [7, 11) is 1.86. The molecule has 2 aromatic rings. The summed E-state index contributed by atoms with van der Waals surface area (Å²) < 4.78 is 0. The number of rotatable bonds is 4. The molecule has 1 fully saturated rings. The summed E-state index contributed by atoms with van der Waals surface area (Å²) in [5.74, 6) is 0. The summed E-state index contributed by atoms with van der Waals surface area (Å²) >= 11 is 3.27. The van der Waals surface area contributed by atoms with E-state index >= 15 is 0 Å². The standard InChI is InChI=1S/C13H19N5S2/c1-9-5-3-4-6-18(9)7-11-15-10(8-19-11)12-16-17-13(14-2)20-12/h8-9H,3-7H2,1-2H3,(H,14,17). The Morgan fingerprint density at radius 1 is 1.40 bits per heavy atom. The molecule has 1 saturated heterocycles. The molecule has 2 aromatic heterocycles. The van der Waals surface area contributed by atoms with Crippen LogP contribution in [0.25, 0.3) is 10.7 Å². The van der Waals surface area contributed by atoms with E-state index in [4.69, 9.17) is 4.98 Å². The molecule has 1 aliphatic rings. The Kier molecular flexibility index (Phi) is 4.28. The summed E-state index contributed by atoms with van der Waals surface area (Å²) in [5.41, 5.74) is 0.952. The number of hydrogen-bond acceptors (Lipinski definition) is 7. The molecule has 1 N–H and O–H groups in total. The van der Waals surface area contributed by atoms with Crippen molar-refractivity contribution in [3.05, 3.63) is 10.4 Å². The first-order valence-electron chi connectivity index (χ1n) is 6.96. The van der Waals surface area contributed by atoms with Crippen molar-refractivity contribution in [2.24, 2.45) is 0 Å². The summed E-state index contributed by atoms with van der Waals surface area (Å²) in [5, 5.41) is 16.2. The highest BCUT2D eigenvalue weighted by Gasteiger charge is 2.20. The number of nitrogens with one attached hydrogen (secondary N) is 1. The average molecular weight is 309 g/mol. The second-order valence-corrected chi connectivity index (χ2v) is 7.02. The Labute approximate surface area is 127 Å². The van der Waals surface area contributed by atoms with Gasteiger partial charge < -0.3 is 5.32 Å². The quantitative estimate of drug-likeness (QED) is 0.940. The normalized spacial score (nSPS) is 20.2. The van der Waals surface area contributed by atoms with E-state index in [1.165, 1.54) is 30.8 Å². The van der Waals surface area contributed by atoms with Gasteiger partial charge in [-0.1, -0.05) is 17.8 Å². The van der Waals surface area contributed by atoms with Gasteiger partial charge in [0, 0.05) is 18.5 Å². The van der Waals surface area contributed by atoms with E-state index in [0.717, 1.165) is 22.4 Å². The summed E-state index contributed by atoms with van der Waals surface area (Å²) in [6.45, 7) is 4.47. The van der Waals surface area contributed by atoms with Gasteiger partial charge >= 0.3 is 0 Å². The molecular formula is C13H19N5S2. The lowest BCUT2D eigenvalue weighted by atomic mass is 10.0. The van der Waals surface area contributed by atoms with Gasteiger partial charge in [-0.05, 0) is 26.3 Å². The van der Waals surface area contributed by atoms with Crippen molar-refractivity contribution >= 4 is 27.8 Å². The van der Waals surface area contributed by atoms with Gasteiger partial charge in [0.1, 0.15) is 10.7 Å². The minimum Gasteiger partial charge on any atom is -0.363 e. The van der Waals surface area contributed by atoms with Crippen LogP contribution >= 0.6 is 22.7 Å². The van der Waals surface area contributed by atoms with E-state index in [2.05, 4.69) is 32.7 Å². The first kappa shape index (κ1) is 13.9. The largest absolute Gasteiger partial charge is 0.363 e. The molecule has 0 amide bonds. The Balaban J connectivity index is 1.70. The molecule has 3 heterocycles. The van der Waals surface area contributed by atoms with Gasteiger partial charge in [-0.2, -0.15) is 0 Å². The van der Waals surface area contributed by atoms with E-state index in [1.807, 2.05) is 7.05 Å². The van der Waals surface area contributed by atoms with E-state index in [-0.39, 0.29) is 0 Å². The molecule has 5 nitrogen and oxygen atoms in total. The first-order chi connectivity index (χ1) is 9.76. The average Bonchev–Trinajstić information content (AvgIpc) is 3.10. The van der Waals surface area contributed by atoms with Crippen LogP contribution < -0.4 is 5.32 Å². The highest BCUT2D eigenvalue weighted by atomic mass is 32.1. The van der Waals surface area contributed by atoms with Crippen molar-refractivity contribution in [3.8, 4) is 10.7 Å². The Bertz CT molecular complexity index is 565. The second kappa shape index (κ2) is 6.15. The molecule has 0 aromatic carbocycles. The van der Waals surface area contributed by atoms with Crippen LogP contribution in [0, 0.1) is 0 Å². The zero-order chi connectivity index (χ0) is 13.9. The number of likely N-dealkylation sites (tertiary alicyclic amines) is 1. The third-order valence-corrected chi connectivity index (χ3v) is 5.49. The molecular weight excluding hydrogens is 290 g/mol. The summed E-state index contributed by atoms with van der Waals surface area (Å²) in [6, 6.07) is 0.675. The van der Waals surface area contributed by atoms with Gasteiger partial charge in [0.2, 0.25) is 5.13 Å². The molecule has 1 atom stereocenters. The maximum atomic E-state index is 4.71. The van der Waals surface area contributed by atoms with Crippen molar-refractivity contribution < 1.29 is 0 Å². The van der Waals surface area contributed by atoms with Gasteiger partial charge in [-0.15, -0.1) is 21.5 Å². The fraction of sp³-hybridized carbons (Fsp3) is 0.615. The number of piperidine rings is 1. The molecule has 0 bridgehead atoms. The lowest BCUT2D eigenvalue weighted by Gasteiger charge is -2.32. The Morgan fingerprint density at radius 3 is 3.05 bits per heavy atom. The van der Waals surface area contributed by atoms with Gasteiger partial charge in [-0.3, -0.25) is 4.90 Å². The Morgan fingerprint density at radius 2 is 2.30 bits per heavy atom. The predicted molar refractivity (Wildman–Crippen MR) is 84.3 cm³/mol. The predicted octanol–water partition coefficient (Wildman–Crippen LogP) is 3.08. The maximum absolute atomic E-state index is 4.71. The van der Waals surface area contributed by atoms with Crippen molar-refractivity contribution in [3.63, 3.8) is 0 Å². The molecule has 3 rings (SSSR count). The van der Waals surface area contributed by atoms with Crippen LogP contribution in [-0.2, 0) is 6.54 Å². The van der Waals surface area contributed by atoms with Crippen molar-refractivity contribution in [1.29, 1.82) is 0 Å². The van der Waals surface area contributed by atoms with Crippen molar-refractivity contribution in [1.82, 2.24) is 20.1 Å². The van der Waals surface area contributed by atoms with E-state index in [0.29, 0.717) is 6.04 Å². The zero-order valence-corrected chi connectivity index (χ0v) is 13.4. The van der Waals surface area contributed by atoms with Crippen LogP contribution in [0.3, 0.4) is 0 Å². The van der Waals surface area contributed by atoms with Crippen molar-refractivity contribution in [2.45, 2.75) is 38.8 Å². The minimum absolute atomic E-state index is 0.675. The highest BCUT2D eigenvalue weighted by molar-refractivity contribution is 7.18. The zero-order valence-electron chi connectivity index (χ0n) is 11.8. The van der Waals surface area contributed by atoms with Crippen LogP contribution in [0.2, 0.25) is 0 Å². The molecule has 1 aliphatic heterocycles. The fourth-order valence-corrected chi connectivity index (χ4v) is 4.01. The van der Waals surface area contributed by atoms with E-state index < -0.39 is 0 Å². The molecule has 0 radical (unpaired) electrons. The SMILES string of the molecule is CNc1nnc(-c2csc(CN3CCCCC3C)n2)s1. The molecule has 0 saturated carbocycles. The fourth-order valence-electron chi connectivity index (χ4n) is 2.48. The molecule has 0 spiro atoms. The van der Waals surface area contributed by atoms with Crippen LogP contribution in [0.15, 0.2) is 5.38 Å². The molecule has 20 heavy (non-hydrogen) atoms. The van der Waals surface area contributed by atoms with E-state index in [9.17, 15) is 0 Å². The van der Waals surface area contributed by atoms with Crippen LogP contribution in [0.5, 0.6) is 0 Å². The lowest BCUT2D eigenvalue weighted by molar-refractivity contribution is 0.152. The second-order valence-electron chi connectivity index (χ2n) is 5.10. The minimum atomic E-state index is 0.675. The topological polar surface area (TPSA) is 53.9 Å². The summed E-state index contributed by atoms with van der Waals surface area (Å²) in [4.78, 5) is 7.25. The number of aromatic nitrogens is 3. The maximum Gasteiger partial charge on any atom is 0.205 e. The van der Waals surface area contributed by atoms with Gasteiger partial charge in [0.25, 0.3) is 0 Å². The lowest BCUT2D eigenvalue weighted by Crippen LogP contribution is -2.36. The summed E-state index contributed by atoms with van der Waals surface area (Å²) in [6.07, 6.45) is 3.98. The number of nitrogens with zero attached hydrogens (tertiary/aromatic N) is 4. The molecule has 108 valence electrons. The third kappa shape index (κ3) is 2.99. The monoisotopic (exact) mass is 309 g/mol. The number of thiazole rings is 1. The number of hydrogen-bond donors (Lipinski definition) is 1. The molecule has 0 aliphatic carbocycles. The molecule has 7 heteroatoms. The van der Waals surface area contributed by atoms with Crippen LogP contribution in [0.1, 0.15) is 31.2 Å². The number of anilines is 1. The van der Waals surface area contributed by atoms with Crippen molar-refractivity contribution in [2.75, 3.05) is 18.9 Å². The smallest absolute Gasteiger partial charge is 0.205 e. The van der Waals surface area contributed by atoms with E-state index in [1.54, 1.807) is 22.7 Å². The Hall–Kier alpha value is -1.05. The highest BCUT2D eigenvalue weighted by Crippen LogP contribution is 2.28. The van der Waals surface area contributed by atoms with Gasteiger partial charge in [0.15, 0.2) is 5.01 Å². The van der Waals surface area contributed by atoms with Gasteiger partial charge in [0.05, 0.1) is 6.54 Å². The first-order valence-corrected chi connectivity index (χ1v) is 8.66. The van der Waals surface area contributed by atoms with Crippen LogP contribution in [-0.4, -0.2) is 39.7 Å². The van der Waals surface area contributed by atoms with Crippen LogP contribution in [0.4, 0.5) is 5.13 Å².